The summed E-state index contributed by atoms with van der Waals surface area (Å²) in [6, 6.07) is -0.150. The van der Waals surface area contributed by atoms with Gasteiger partial charge in [0.1, 0.15) is 5.82 Å². The molecule has 0 aliphatic carbocycles. The van der Waals surface area contributed by atoms with E-state index >= 15 is 0 Å². The Morgan fingerprint density at radius 1 is 1.23 bits per heavy atom. The summed E-state index contributed by atoms with van der Waals surface area (Å²) in [6.45, 7) is 8.31. The molecule has 22 heavy (non-hydrogen) atoms. The van der Waals surface area contributed by atoms with Crippen LogP contribution < -0.4 is 5.56 Å². The Hall–Kier alpha value is -1.73. The van der Waals surface area contributed by atoms with Crippen LogP contribution >= 0.6 is 0 Å². The number of likely N-dealkylation sites (N-methyl/N-ethyl adjacent to an activating group) is 1. The van der Waals surface area contributed by atoms with Gasteiger partial charge in [0.05, 0.1) is 30.4 Å². The highest BCUT2D eigenvalue weighted by Gasteiger charge is 2.32. The Bertz CT molecular complexity index is 633. The Labute approximate surface area is 129 Å². The van der Waals surface area contributed by atoms with Gasteiger partial charge in [-0.2, -0.15) is 0 Å². The van der Waals surface area contributed by atoms with E-state index in [1.807, 2.05) is 6.92 Å². The minimum Gasteiger partial charge on any atom is -0.331 e. The molecule has 120 valence electrons. The molecule has 0 bridgehead atoms. The molecule has 1 N–H and O–H groups in total. The summed E-state index contributed by atoms with van der Waals surface area (Å²) in [5.41, 5.74) is 1.25. The summed E-state index contributed by atoms with van der Waals surface area (Å²) < 4.78 is 0. The second kappa shape index (κ2) is 5.81. The first kappa shape index (κ1) is 15.2. The summed E-state index contributed by atoms with van der Waals surface area (Å²) in [5, 5.41) is 0. The maximum absolute atomic E-state index is 12.7. The Balaban J connectivity index is 1.69. The van der Waals surface area contributed by atoms with Crippen molar-refractivity contribution in [3.05, 3.63) is 27.4 Å². The van der Waals surface area contributed by atoms with Crippen LogP contribution in [-0.4, -0.2) is 69.8 Å². The SMILES string of the molecule is Cc1nc2c(c(=O)[nH]1)CN(C(=O)[C@@H](C)N1CCN(C)CC1)C2. The van der Waals surface area contributed by atoms with Crippen LogP contribution in [0.5, 0.6) is 0 Å². The molecule has 1 aromatic heterocycles. The summed E-state index contributed by atoms with van der Waals surface area (Å²) in [7, 11) is 2.10. The van der Waals surface area contributed by atoms with Crippen molar-refractivity contribution in [2.24, 2.45) is 0 Å². The number of carbonyl (C=O) groups is 1. The molecule has 1 amide bonds. The predicted octanol–water partition coefficient (Wildman–Crippen LogP) is -0.444. The van der Waals surface area contributed by atoms with Crippen LogP contribution in [0.15, 0.2) is 4.79 Å². The van der Waals surface area contributed by atoms with E-state index in [2.05, 4.69) is 26.8 Å². The number of nitrogens with zero attached hydrogens (tertiary/aromatic N) is 4. The maximum atomic E-state index is 12.7. The lowest BCUT2D eigenvalue weighted by Gasteiger charge is -2.36. The number of fused-ring (bicyclic) bond motifs is 1. The molecule has 7 heteroatoms. The van der Waals surface area contributed by atoms with E-state index < -0.39 is 0 Å². The molecule has 0 unspecified atom stereocenters. The number of nitrogens with one attached hydrogen (secondary N) is 1. The lowest BCUT2D eigenvalue weighted by atomic mass is 10.2. The van der Waals surface area contributed by atoms with Gasteiger partial charge in [0.25, 0.3) is 5.56 Å². The number of hydrogen-bond acceptors (Lipinski definition) is 5. The van der Waals surface area contributed by atoms with Crippen molar-refractivity contribution < 1.29 is 4.79 Å². The fraction of sp³-hybridized carbons (Fsp3) is 0.667. The zero-order chi connectivity index (χ0) is 15.9. The van der Waals surface area contributed by atoms with E-state index in [1.165, 1.54) is 0 Å². The highest BCUT2D eigenvalue weighted by Crippen LogP contribution is 2.20. The third-order valence-corrected chi connectivity index (χ3v) is 4.66. The maximum Gasteiger partial charge on any atom is 0.256 e. The third kappa shape index (κ3) is 2.78. The molecule has 2 aliphatic rings. The number of aromatic nitrogens is 2. The zero-order valence-corrected chi connectivity index (χ0v) is 13.4. The largest absolute Gasteiger partial charge is 0.331 e. The van der Waals surface area contributed by atoms with Crippen LogP contribution in [0.1, 0.15) is 24.0 Å². The number of hydrogen-bond donors (Lipinski definition) is 1. The lowest BCUT2D eigenvalue weighted by Crippen LogP contribution is -2.53. The van der Waals surface area contributed by atoms with E-state index in [4.69, 9.17) is 0 Å². The van der Waals surface area contributed by atoms with E-state index in [-0.39, 0.29) is 17.5 Å². The molecule has 0 spiro atoms. The molecule has 0 aromatic carbocycles. The van der Waals surface area contributed by atoms with Crippen LogP contribution in [0.2, 0.25) is 0 Å². The third-order valence-electron chi connectivity index (χ3n) is 4.66. The molecular weight excluding hydrogens is 282 g/mol. The number of piperazine rings is 1. The number of aryl methyl sites for hydroxylation is 1. The van der Waals surface area contributed by atoms with Gasteiger partial charge in [0.2, 0.25) is 5.91 Å². The summed E-state index contributed by atoms with van der Waals surface area (Å²) >= 11 is 0. The van der Waals surface area contributed by atoms with Gasteiger partial charge in [0.15, 0.2) is 0 Å². The Morgan fingerprint density at radius 2 is 1.91 bits per heavy atom. The van der Waals surface area contributed by atoms with Gasteiger partial charge in [-0.15, -0.1) is 0 Å². The minimum atomic E-state index is -0.150. The standard InChI is InChI=1S/C15H23N5O2/c1-10(19-6-4-18(3)5-7-19)15(22)20-8-12-13(9-20)16-11(2)17-14(12)21/h10H,4-9H2,1-3H3,(H,16,17,21)/t10-/m1/s1. The smallest absolute Gasteiger partial charge is 0.256 e. The molecule has 3 rings (SSSR count). The topological polar surface area (TPSA) is 72.5 Å². The summed E-state index contributed by atoms with van der Waals surface area (Å²) in [6.07, 6.45) is 0. The molecule has 3 heterocycles. The number of aromatic amines is 1. The summed E-state index contributed by atoms with van der Waals surface area (Å²) in [5.74, 6) is 0.685. The van der Waals surface area contributed by atoms with Crippen molar-refractivity contribution >= 4 is 5.91 Å². The highest BCUT2D eigenvalue weighted by molar-refractivity contribution is 5.82. The van der Waals surface area contributed by atoms with E-state index in [0.717, 1.165) is 31.9 Å². The minimum absolute atomic E-state index is 0.0830. The molecule has 2 aliphatic heterocycles. The quantitative estimate of drug-likeness (QED) is 0.802. The van der Waals surface area contributed by atoms with Crippen LogP contribution in [0, 0.1) is 6.92 Å². The molecule has 1 fully saturated rings. The van der Waals surface area contributed by atoms with Gasteiger partial charge in [-0.1, -0.05) is 0 Å². The van der Waals surface area contributed by atoms with Gasteiger partial charge < -0.3 is 14.8 Å². The van der Waals surface area contributed by atoms with Gasteiger partial charge in [-0.25, -0.2) is 4.98 Å². The second-order valence-electron chi connectivity index (χ2n) is 6.29. The average Bonchev–Trinajstić information content (AvgIpc) is 2.90. The van der Waals surface area contributed by atoms with Crippen molar-refractivity contribution in [1.82, 2.24) is 24.7 Å². The van der Waals surface area contributed by atoms with Gasteiger partial charge in [-0.05, 0) is 20.9 Å². The molecule has 1 saturated heterocycles. The first-order chi connectivity index (χ1) is 10.5. The van der Waals surface area contributed by atoms with E-state index in [1.54, 1.807) is 11.8 Å². The van der Waals surface area contributed by atoms with Crippen molar-refractivity contribution in [2.45, 2.75) is 33.0 Å². The normalized spacial score (nSPS) is 21.0. The first-order valence-corrected chi connectivity index (χ1v) is 7.75. The number of rotatable bonds is 2. The van der Waals surface area contributed by atoms with Crippen LogP contribution in [0.25, 0.3) is 0 Å². The predicted molar refractivity (Wildman–Crippen MR) is 82.4 cm³/mol. The molecule has 7 nitrogen and oxygen atoms in total. The van der Waals surface area contributed by atoms with Crippen LogP contribution in [-0.2, 0) is 17.9 Å². The molecule has 1 aromatic rings. The number of H-pyrrole nitrogens is 1. The van der Waals surface area contributed by atoms with E-state index in [9.17, 15) is 9.59 Å². The van der Waals surface area contributed by atoms with Crippen molar-refractivity contribution in [3.63, 3.8) is 0 Å². The monoisotopic (exact) mass is 305 g/mol. The number of amides is 1. The van der Waals surface area contributed by atoms with Gasteiger partial charge in [-0.3, -0.25) is 14.5 Å². The molecule has 0 radical (unpaired) electrons. The van der Waals surface area contributed by atoms with Crippen LogP contribution in [0.3, 0.4) is 0 Å². The van der Waals surface area contributed by atoms with Gasteiger partial charge >= 0.3 is 0 Å². The zero-order valence-electron chi connectivity index (χ0n) is 13.4. The Kier molecular flexibility index (Phi) is 4.01. The molecule has 0 saturated carbocycles. The fourth-order valence-corrected chi connectivity index (χ4v) is 3.18. The highest BCUT2D eigenvalue weighted by atomic mass is 16.2. The first-order valence-electron chi connectivity index (χ1n) is 7.75. The lowest BCUT2D eigenvalue weighted by molar-refractivity contribution is -0.137. The van der Waals surface area contributed by atoms with Crippen molar-refractivity contribution in [3.8, 4) is 0 Å². The average molecular weight is 305 g/mol. The fourth-order valence-electron chi connectivity index (χ4n) is 3.18. The Morgan fingerprint density at radius 3 is 2.59 bits per heavy atom. The number of carbonyl (C=O) groups excluding carboxylic acids is 1. The summed E-state index contributed by atoms with van der Waals surface area (Å²) in [4.78, 5) is 38.0. The molecule has 1 atom stereocenters. The van der Waals surface area contributed by atoms with Gasteiger partial charge in [0, 0.05) is 26.2 Å². The second-order valence-corrected chi connectivity index (χ2v) is 6.29. The van der Waals surface area contributed by atoms with Crippen molar-refractivity contribution in [2.75, 3.05) is 33.2 Å². The van der Waals surface area contributed by atoms with E-state index in [0.29, 0.717) is 24.5 Å². The molecular formula is C15H23N5O2. The van der Waals surface area contributed by atoms with Crippen molar-refractivity contribution in [1.29, 1.82) is 0 Å². The van der Waals surface area contributed by atoms with Crippen LogP contribution in [0.4, 0.5) is 0 Å².